The van der Waals surface area contributed by atoms with E-state index in [2.05, 4.69) is 37.2 Å². The second kappa shape index (κ2) is 3.89. The van der Waals surface area contributed by atoms with Gasteiger partial charge in [-0.1, -0.05) is 20.8 Å². The Morgan fingerprint density at radius 3 is 2.85 bits per heavy atom. The zero-order valence-electron chi connectivity index (χ0n) is 8.29. The number of nitrogens with zero attached hydrogens (tertiary/aromatic N) is 2. The van der Waals surface area contributed by atoms with Crippen molar-refractivity contribution in [1.29, 1.82) is 5.26 Å². The summed E-state index contributed by atoms with van der Waals surface area (Å²) in [5.41, 5.74) is 1.26. The van der Waals surface area contributed by atoms with Crippen LogP contribution < -0.4 is 0 Å². The molecule has 0 saturated carbocycles. The lowest BCUT2D eigenvalue weighted by Crippen LogP contribution is -2.15. The minimum absolute atomic E-state index is 0.143. The second-order valence-electron chi connectivity index (χ2n) is 3.70. The van der Waals surface area contributed by atoms with Gasteiger partial charge in [0.05, 0.1) is 18.2 Å². The Hall–Kier alpha value is -0.880. The molecule has 0 N–H and O–H groups in total. The molecule has 2 nitrogen and oxygen atoms in total. The van der Waals surface area contributed by atoms with Crippen molar-refractivity contribution in [2.24, 2.45) is 0 Å². The van der Waals surface area contributed by atoms with Crippen molar-refractivity contribution in [3.8, 4) is 6.07 Å². The van der Waals surface area contributed by atoms with E-state index in [0.717, 1.165) is 17.1 Å². The summed E-state index contributed by atoms with van der Waals surface area (Å²) in [6, 6.07) is 2.11. The summed E-state index contributed by atoms with van der Waals surface area (Å²) in [5.74, 6) is 0. The highest BCUT2D eigenvalue weighted by Crippen LogP contribution is 2.27. The van der Waals surface area contributed by atoms with Crippen LogP contribution in [0.4, 0.5) is 0 Å². The molecule has 0 unspecified atom stereocenters. The Labute approximate surface area is 83.2 Å². The van der Waals surface area contributed by atoms with Gasteiger partial charge in [-0.3, -0.25) is 0 Å². The number of hydrogen-bond donors (Lipinski definition) is 0. The quantitative estimate of drug-likeness (QED) is 0.741. The number of rotatable bonds is 3. The molecule has 0 aromatic carbocycles. The third-order valence-electron chi connectivity index (χ3n) is 2.36. The van der Waals surface area contributed by atoms with Crippen LogP contribution in [0.15, 0.2) is 5.38 Å². The average Bonchev–Trinajstić information content (AvgIpc) is 2.54. The van der Waals surface area contributed by atoms with Gasteiger partial charge in [-0.2, -0.15) is 5.26 Å². The van der Waals surface area contributed by atoms with Crippen LogP contribution in [0.3, 0.4) is 0 Å². The number of aromatic nitrogens is 1. The minimum Gasteiger partial charge on any atom is -0.245 e. The fraction of sp³-hybridized carbons (Fsp3) is 0.600. The molecule has 0 atom stereocenters. The minimum atomic E-state index is 0.143. The topological polar surface area (TPSA) is 36.7 Å². The molecule has 0 amide bonds. The van der Waals surface area contributed by atoms with Crippen molar-refractivity contribution < 1.29 is 0 Å². The Kier molecular flexibility index (Phi) is 3.05. The molecule has 0 aliphatic rings. The monoisotopic (exact) mass is 194 g/mol. The number of hydrogen-bond acceptors (Lipinski definition) is 3. The van der Waals surface area contributed by atoms with Gasteiger partial charge in [0.25, 0.3) is 0 Å². The molecule has 0 spiro atoms. The van der Waals surface area contributed by atoms with Gasteiger partial charge in [0.1, 0.15) is 5.01 Å². The molecule has 0 radical (unpaired) electrons. The fourth-order valence-electron chi connectivity index (χ4n) is 0.952. The molecule has 1 heterocycles. The molecule has 0 aliphatic heterocycles. The first-order valence-corrected chi connectivity index (χ1v) is 5.30. The Balaban J connectivity index is 2.86. The second-order valence-corrected chi connectivity index (χ2v) is 4.64. The van der Waals surface area contributed by atoms with Crippen LogP contribution in [0.5, 0.6) is 0 Å². The molecule has 0 bridgehead atoms. The van der Waals surface area contributed by atoms with Crippen molar-refractivity contribution in [2.45, 2.75) is 39.0 Å². The summed E-state index contributed by atoms with van der Waals surface area (Å²) >= 11 is 1.58. The molecule has 13 heavy (non-hydrogen) atoms. The maximum atomic E-state index is 8.51. The van der Waals surface area contributed by atoms with Crippen LogP contribution in [-0.2, 0) is 11.8 Å². The first-order valence-electron chi connectivity index (χ1n) is 4.42. The van der Waals surface area contributed by atoms with Gasteiger partial charge in [0.2, 0.25) is 0 Å². The van der Waals surface area contributed by atoms with Crippen molar-refractivity contribution in [3.05, 3.63) is 16.1 Å². The van der Waals surface area contributed by atoms with Gasteiger partial charge in [0, 0.05) is 10.8 Å². The smallest absolute Gasteiger partial charge is 0.107 e. The molecular formula is C10H14N2S. The van der Waals surface area contributed by atoms with E-state index in [1.807, 2.05) is 0 Å². The van der Waals surface area contributed by atoms with Crippen LogP contribution in [0, 0.1) is 11.3 Å². The maximum Gasteiger partial charge on any atom is 0.107 e. The molecule has 1 aromatic rings. The lowest BCUT2D eigenvalue weighted by atomic mass is 9.87. The molecule has 1 aromatic heterocycles. The predicted octanol–water partition coefficient (Wildman–Crippen LogP) is 2.90. The highest BCUT2D eigenvalue weighted by atomic mass is 32.1. The zero-order chi connectivity index (χ0) is 9.90. The molecule has 0 fully saturated rings. The van der Waals surface area contributed by atoms with E-state index in [-0.39, 0.29) is 5.41 Å². The predicted molar refractivity (Wildman–Crippen MR) is 54.7 cm³/mol. The van der Waals surface area contributed by atoms with Crippen LogP contribution >= 0.6 is 11.3 Å². The third kappa shape index (κ3) is 2.28. The van der Waals surface area contributed by atoms with Gasteiger partial charge in [0.15, 0.2) is 0 Å². The van der Waals surface area contributed by atoms with Gasteiger partial charge < -0.3 is 0 Å². The van der Waals surface area contributed by atoms with E-state index in [9.17, 15) is 0 Å². The SMILES string of the molecule is CCC(C)(C)c1csc(CC#N)n1. The summed E-state index contributed by atoms with van der Waals surface area (Å²) in [5, 5.41) is 11.5. The normalized spacial score (nSPS) is 11.2. The fourth-order valence-corrected chi connectivity index (χ4v) is 1.87. The van der Waals surface area contributed by atoms with E-state index < -0.39 is 0 Å². The maximum absolute atomic E-state index is 8.51. The molecule has 0 aliphatic carbocycles. The van der Waals surface area contributed by atoms with E-state index in [1.54, 1.807) is 11.3 Å². The summed E-state index contributed by atoms with van der Waals surface area (Å²) in [6.07, 6.45) is 1.51. The van der Waals surface area contributed by atoms with E-state index in [4.69, 9.17) is 5.26 Å². The van der Waals surface area contributed by atoms with Crippen LogP contribution in [0.2, 0.25) is 0 Å². The van der Waals surface area contributed by atoms with Crippen molar-refractivity contribution in [3.63, 3.8) is 0 Å². The molecule has 3 heteroatoms. The van der Waals surface area contributed by atoms with Crippen molar-refractivity contribution in [2.75, 3.05) is 0 Å². The molecular weight excluding hydrogens is 180 g/mol. The number of thiazole rings is 1. The summed E-state index contributed by atoms with van der Waals surface area (Å²) in [6.45, 7) is 6.51. The highest BCUT2D eigenvalue weighted by Gasteiger charge is 2.20. The molecule has 1 rings (SSSR count). The Morgan fingerprint density at radius 2 is 2.31 bits per heavy atom. The molecule has 70 valence electrons. The van der Waals surface area contributed by atoms with E-state index >= 15 is 0 Å². The molecule has 0 saturated heterocycles. The van der Waals surface area contributed by atoms with Gasteiger partial charge >= 0.3 is 0 Å². The summed E-state index contributed by atoms with van der Waals surface area (Å²) < 4.78 is 0. The average molecular weight is 194 g/mol. The van der Waals surface area contributed by atoms with Gasteiger partial charge in [-0.15, -0.1) is 11.3 Å². The summed E-state index contributed by atoms with van der Waals surface area (Å²) in [4.78, 5) is 4.44. The van der Waals surface area contributed by atoms with E-state index in [1.165, 1.54) is 0 Å². The van der Waals surface area contributed by atoms with Crippen LogP contribution in [0.1, 0.15) is 37.9 Å². The van der Waals surface area contributed by atoms with Gasteiger partial charge in [-0.05, 0) is 6.42 Å². The van der Waals surface area contributed by atoms with Gasteiger partial charge in [-0.25, -0.2) is 4.98 Å². The highest BCUT2D eigenvalue weighted by molar-refractivity contribution is 7.09. The lowest BCUT2D eigenvalue weighted by molar-refractivity contribution is 0.492. The number of nitriles is 1. The van der Waals surface area contributed by atoms with Crippen LogP contribution in [0.25, 0.3) is 0 Å². The van der Waals surface area contributed by atoms with Crippen LogP contribution in [-0.4, -0.2) is 4.98 Å². The van der Waals surface area contributed by atoms with Crippen molar-refractivity contribution >= 4 is 11.3 Å². The Bertz CT molecular complexity index is 320. The first-order chi connectivity index (χ1) is 6.10. The third-order valence-corrected chi connectivity index (χ3v) is 3.21. The summed E-state index contributed by atoms with van der Waals surface area (Å²) in [7, 11) is 0. The largest absolute Gasteiger partial charge is 0.245 e. The first kappa shape index (κ1) is 10.2. The zero-order valence-corrected chi connectivity index (χ0v) is 9.11. The Morgan fingerprint density at radius 1 is 1.62 bits per heavy atom. The van der Waals surface area contributed by atoms with Crippen molar-refractivity contribution in [1.82, 2.24) is 4.98 Å². The lowest BCUT2D eigenvalue weighted by Gasteiger charge is -2.19. The van der Waals surface area contributed by atoms with E-state index in [0.29, 0.717) is 6.42 Å². The standard InChI is InChI=1S/C10H14N2S/c1-4-10(2,3)8-7-13-9(12-8)5-6-11/h7H,4-5H2,1-3H3.